The summed E-state index contributed by atoms with van der Waals surface area (Å²) in [4.78, 5) is 11.8. The number of nitrogens with two attached hydrogens (primary N) is 1. The van der Waals surface area contributed by atoms with E-state index in [1.165, 1.54) is 0 Å². The lowest BCUT2D eigenvalue weighted by atomic mass is 10.2. The molecule has 0 heterocycles. The molecule has 0 aliphatic heterocycles. The molecular formula is C14H20N2O2. The van der Waals surface area contributed by atoms with E-state index in [-0.39, 0.29) is 17.9 Å². The van der Waals surface area contributed by atoms with Crippen LogP contribution >= 0.6 is 0 Å². The molecule has 18 heavy (non-hydrogen) atoms. The van der Waals surface area contributed by atoms with Crippen LogP contribution in [0.25, 0.3) is 0 Å². The first-order valence-electron chi connectivity index (χ1n) is 6.41. The summed E-state index contributed by atoms with van der Waals surface area (Å²) in [5.74, 6) is 0.692. The zero-order valence-electron chi connectivity index (χ0n) is 10.9. The van der Waals surface area contributed by atoms with Crippen LogP contribution in [-0.4, -0.2) is 18.6 Å². The molecule has 4 nitrogen and oxygen atoms in total. The predicted octanol–water partition coefficient (Wildman–Crippen LogP) is 2.07. The molecule has 0 aromatic heterocycles. The number of amides is 1. The van der Waals surface area contributed by atoms with Gasteiger partial charge in [-0.05, 0) is 37.5 Å². The summed E-state index contributed by atoms with van der Waals surface area (Å²) in [6.07, 6.45) is 1.72. The van der Waals surface area contributed by atoms with Crippen molar-refractivity contribution in [3.05, 3.63) is 23.8 Å². The molecule has 1 fully saturated rings. The summed E-state index contributed by atoms with van der Waals surface area (Å²) >= 11 is 0. The number of benzene rings is 1. The molecule has 0 spiro atoms. The second kappa shape index (κ2) is 5.40. The lowest BCUT2D eigenvalue weighted by Crippen LogP contribution is -2.19. The van der Waals surface area contributed by atoms with Crippen molar-refractivity contribution in [3.63, 3.8) is 0 Å². The van der Waals surface area contributed by atoms with Crippen molar-refractivity contribution >= 4 is 11.6 Å². The van der Waals surface area contributed by atoms with Gasteiger partial charge < -0.3 is 15.8 Å². The molecule has 2 atom stereocenters. The standard InChI is InChI=1S/C14H20N2O2/c1-3-6-18-13-7-9(2)4-5-12(13)16-14(17)10-8-11(10)15/h4-5,7,10-11H,3,6,8,15H2,1-2H3,(H,16,17). The first kappa shape index (κ1) is 12.9. The Morgan fingerprint density at radius 1 is 1.56 bits per heavy atom. The van der Waals surface area contributed by atoms with Crippen molar-refractivity contribution in [2.24, 2.45) is 11.7 Å². The van der Waals surface area contributed by atoms with E-state index in [1.54, 1.807) is 0 Å². The fourth-order valence-electron chi connectivity index (χ4n) is 1.81. The van der Waals surface area contributed by atoms with Crippen molar-refractivity contribution in [1.82, 2.24) is 0 Å². The Balaban J connectivity index is 2.08. The van der Waals surface area contributed by atoms with Crippen LogP contribution in [0.15, 0.2) is 18.2 Å². The quantitative estimate of drug-likeness (QED) is 0.838. The predicted molar refractivity (Wildman–Crippen MR) is 71.7 cm³/mol. The maximum absolute atomic E-state index is 11.8. The fraction of sp³-hybridized carbons (Fsp3) is 0.500. The van der Waals surface area contributed by atoms with E-state index in [2.05, 4.69) is 12.2 Å². The number of anilines is 1. The van der Waals surface area contributed by atoms with Gasteiger partial charge in [-0.2, -0.15) is 0 Å². The SMILES string of the molecule is CCCOc1cc(C)ccc1NC(=O)C1CC1N. The number of rotatable bonds is 5. The summed E-state index contributed by atoms with van der Waals surface area (Å²) in [6.45, 7) is 4.70. The third-order valence-electron chi connectivity index (χ3n) is 3.03. The largest absolute Gasteiger partial charge is 0.491 e. The summed E-state index contributed by atoms with van der Waals surface area (Å²) in [7, 11) is 0. The highest BCUT2D eigenvalue weighted by Gasteiger charge is 2.40. The van der Waals surface area contributed by atoms with Gasteiger partial charge in [-0.1, -0.05) is 13.0 Å². The molecule has 4 heteroatoms. The minimum Gasteiger partial charge on any atom is -0.491 e. The van der Waals surface area contributed by atoms with Gasteiger partial charge >= 0.3 is 0 Å². The van der Waals surface area contributed by atoms with Gasteiger partial charge in [0.05, 0.1) is 18.2 Å². The number of carbonyl (C=O) groups is 1. The van der Waals surface area contributed by atoms with E-state index in [0.717, 1.165) is 29.8 Å². The van der Waals surface area contributed by atoms with Crippen molar-refractivity contribution < 1.29 is 9.53 Å². The molecule has 1 aliphatic carbocycles. The van der Waals surface area contributed by atoms with Gasteiger partial charge in [0, 0.05) is 6.04 Å². The van der Waals surface area contributed by atoms with Crippen molar-refractivity contribution in [1.29, 1.82) is 0 Å². The molecule has 1 aromatic rings. The lowest BCUT2D eigenvalue weighted by Gasteiger charge is -2.12. The number of nitrogens with one attached hydrogen (secondary N) is 1. The van der Waals surface area contributed by atoms with Crippen LogP contribution in [0.3, 0.4) is 0 Å². The monoisotopic (exact) mass is 248 g/mol. The molecule has 2 rings (SSSR count). The first-order chi connectivity index (χ1) is 8.61. The van der Waals surface area contributed by atoms with Gasteiger partial charge in [0.15, 0.2) is 0 Å². The molecule has 1 amide bonds. The average molecular weight is 248 g/mol. The Kier molecular flexibility index (Phi) is 3.87. The third-order valence-corrected chi connectivity index (χ3v) is 3.03. The number of hydrogen-bond donors (Lipinski definition) is 2. The molecule has 1 saturated carbocycles. The summed E-state index contributed by atoms with van der Waals surface area (Å²) in [6, 6.07) is 5.81. The van der Waals surface area contributed by atoms with Gasteiger partial charge in [0.1, 0.15) is 5.75 Å². The highest BCUT2D eigenvalue weighted by atomic mass is 16.5. The van der Waals surface area contributed by atoms with E-state index >= 15 is 0 Å². The lowest BCUT2D eigenvalue weighted by molar-refractivity contribution is -0.117. The molecular weight excluding hydrogens is 228 g/mol. The second-order valence-electron chi connectivity index (χ2n) is 4.84. The second-order valence-corrected chi connectivity index (χ2v) is 4.84. The van der Waals surface area contributed by atoms with Crippen LogP contribution in [0.1, 0.15) is 25.3 Å². The van der Waals surface area contributed by atoms with E-state index in [0.29, 0.717) is 6.61 Å². The van der Waals surface area contributed by atoms with Crippen LogP contribution in [0.2, 0.25) is 0 Å². The highest BCUT2D eigenvalue weighted by molar-refractivity contribution is 5.96. The number of hydrogen-bond acceptors (Lipinski definition) is 3. The molecule has 0 bridgehead atoms. The van der Waals surface area contributed by atoms with Crippen molar-refractivity contribution in [2.45, 2.75) is 32.7 Å². The maximum atomic E-state index is 11.8. The number of carbonyl (C=O) groups excluding carboxylic acids is 1. The minimum absolute atomic E-state index is 0.00676. The summed E-state index contributed by atoms with van der Waals surface area (Å²) in [5.41, 5.74) is 7.52. The normalized spacial score (nSPS) is 21.5. The van der Waals surface area contributed by atoms with E-state index in [4.69, 9.17) is 10.5 Å². The molecule has 98 valence electrons. The first-order valence-corrected chi connectivity index (χ1v) is 6.41. The zero-order chi connectivity index (χ0) is 13.1. The Hall–Kier alpha value is -1.55. The Morgan fingerprint density at radius 3 is 2.89 bits per heavy atom. The van der Waals surface area contributed by atoms with Crippen LogP contribution < -0.4 is 15.8 Å². The van der Waals surface area contributed by atoms with Gasteiger partial charge in [0.25, 0.3) is 0 Å². The molecule has 3 N–H and O–H groups in total. The van der Waals surface area contributed by atoms with Crippen molar-refractivity contribution in [2.75, 3.05) is 11.9 Å². The van der Waals surface area contributed by atoms with Crippen LogP contribution in [0.4, 0.5) is 5.69 Å². The topological polar surface area (TPSA) is 64.3 Å². The van der Waals surface area contributed by atoms with Crippen LogP contribution in [0.5, 0.6) is 5.75 Å². The zero-order valence-corrected chi connectivity index (χ0v) is 10.9. The highest BCUT2D eigenvalue weighted by Crippen LogP contribution is 2.32. The smallest absolute Gasteiger partial charge is 0.229 e. The Labute approximate surface area is 108 Å². The summed E-state index contributed by atoms with van der Waals surface area (Å²) < 4.78 is 5.65. The fourth-order valence-corrected chi connectivity index (χ4v) is 1.81. The maximum Gasteiger partial charge on any atom is 0.229 e. The van der Waals surface area contributed by atoms with Crippen LogP contribution in [-0.2, 0) is 4.79 Å². The Morgan fingerprint density at radius 2 is 2.28 bits per heavy atom. The number of ether oxygens (including phenoxy) is 1. The average Bonchev–Trinajstić information content (AvgIpc) is 3.07. The minimum atomic E-state index is -0.0367. The van der Waals surface area contributed by atoms with E-state index in [9.17, 15) is 4.79 Å². The van der Waals surface area contributed by atoms with Gasteiger partial charge in [-0.3, -0.25) is 4.79 Å². The van der Waals surface area contributed by atoms with E-state index in [1.807, 2.05) is 25.1 Å². The van der Waals surface area contributed by atoms with E-state index < -0.39 is 0 Å². The Bertz CT molecular complexity index is 445. The molecule has 1 aromatic carbocycles. The third kappa shape index (κ3) is 3.01. The molecule has 0 radical (unpaired) electrons. The summed E-state index contributed by atoms with van der Waals surface area (Å²) in [5, 5.41) is 2.90. The van der Waals surface area contributed by atoms with Gasteiger partial charge in [-0.15, -0.1) is 0 Å². The van der Waals surface area contributed by atoms with Crippen LogP contribution in [0, 0.1) is 12.8 Å². The van der Waals surface area contributed by atoms with Crippen molar-refractivity contribution in [3.8, 4) is 5.75 Å². The molecule has 0 saturated heterocycles. The molecule has 2 unspecified atom stereocenters. The van der Waals surface area contributed by atoms with Gasteiger partial charge in [0.2, 0.25) is 5.91 Å². The molecule has 1 aliphatic rings. The van der Waals surface area contributed by atoms with Gasteiger partial charge in [-0.25, -0.2) is 0 Å². The number of aryl methyl sites for hydroxylation is 1.